The average Bonchev–Trinajstić information content (AvgIpc) is 3.50. The number of rotatable bonds is 7. The molecular weight excluding hydrogens is 418 g/mol. The van der Waals surface area contributed by atoms with Crippen LogP contribution in [0.4, 0.5) is 16.6 Å². The summed E-state index contributed by atoms with van der Waals surface area (Å²) in [6.45, 7) is 1.84. The average molecular weight is 444 g/mol. The smallest absolute Gasteiger partial charge is 0.404 e. The largest absolute Gasteiger partial charge is 0.465 e. The number of nitrogens with zero attached hydrogens (tertiary/aromatic N) is 4. The van der Waals surface area contributed by atoms with Gasteiger partial charge in [0, 0.05) is 25.6 Å². The second-order valence-electron chi connectivity index (χ2n) is 8.11. The maximum absolute atomic E-state index is 11.0. The number of aromatic nitrogens is 4. The van der Waals surface area contributed by atoms with Crippen molar-refractivity contribution in [2.24, 2.45) is 0 Å². The zero-order valence-corrected chi connectivity index (χ0v) is 18.0. The fourth-order valence-electron chi connectivity index (χ4n) is 4.32. The summed E-state index contributed by atoms with van der Waals surface area (Å²) >= 11 is 0. The molecule has 0 radical (unpaired) electrons. The number of carbonyl (C=O) groups is 1. The van der Waals surface area contributed by atoms with Crippen LogP contribution in [-0.4, -0.2) is 56.8 Å². The molecule has 9 nitrogen and oxygen atoms in total. The van der Waals surface area contributed by atoms with Crippen LogP contribution in [0.2, 0.25) is 0 Å². The van der Waals surface area contributed by atoms with Crippen LogP contribution in [0.1, 0.15) is 23.5 Å². The molecule has 0 saturated carbocycles. The quantitative estimate of drug-likeness (QED) is 0.345. The molecule has 2 aromatic heterocycles. The van der Waals surface area contributed by atoms with Crippen molar-refractivity contribution in [3.8, 4) is 0 Å². The Hall–Kier alpha value is -4.14. The van der Waals surface area contributed by atoms with Gasteiger partial charge in [-0.3, -0.25) is 0 Å². The van der Waals surface area contributed by atoms with Gasteiger partial charge in [-0.05, 0) is 17.5 Å². The molecule has 4 aromatic rings. The van der Waals surface area contributed by atoms with Gasteiger partial charge in [-0.15, -0.1) is 0 Å². The van der Waals surface area contributed by atoms with Gasteiger partial charge in [-0.25, -0.2) is 9.78 Å². The van der Waals surface area contributed by atoms with Crippen molar-refractivity contribution in [3.05, 3.63) is 78.1 Å². The molecule has 0 spiro atoms. The third-order valence-corrected chi connectivity index (χ3v) is 5.95. The molecule has 0 bridgehead atoms. The summed E-state index contributed by atoms with van der Waals surface area (Å²) < 4.78 is 0. The maximum atomic E-state index is 11.0. The monoisotopic (exact) mass is 443 g/mol. The molecule has 2 aromatic carbocycles. The number of carboxylic acid groups (broad SMARTS) is 1. The van der Waals surface area contributed by atoms with Crippen LogP contribution in [-0.2, 0) is 0 Å². The number of aromatic amines is 1. The molecule has 0 aliphatic carbocycles. The number of hydrogen-bond acceptors (Lipinski definition) is 6. The molecular formula is C24H25N7O2. The predicted molar refractivity (Wildman–Crippen MR) is 127 cm³/mol. The Morgan fingerprint density at radius 2 is 1.79 bits per heavy atom. The van der Waals surface area contributed by atoms with Crippen molar-refractivity contribution in [1.29, 1.82) is 0 Å². The molecule has 5 rings (SSSR count). The highest BCUT2D eigenvalue weighted by molar-refractivity contribution is 5.83. The van der Waals surface area contributed by atoms with E-state index in [4.69, 9.17) is 10.1 Å². The minimum Gasteiger partial charge on any atom is -0.465 e. The molecule has 1 fully saturated rings. The fraction of sp³-hybridized carbons (Fsp3) is 0.250. The Bertz CT molecular complexity index is 1190. The normalized spacial score (nSPS) is 15.8. The van der Waals surface area contributed by atoms with Crippen LogP contribution in [0.25, 0.3) is 11.2 Å². The summed E-state index contributed by atoms with van der Waals surface area (Å²) in [6, 6.07) is 20.6. The van der Waals surface area contributed by atoms with E-state index in [-0.39, 0.29) is 12.0 Å². The summed E-state index contributed by atoms with van der Waals surface area (Å²) in [4.78, 5) is 29.8. The van der Waals surface area contributed by atoms with Crippen molar-refractivity contribution in [3.63, 3.8) is 0 Å². The summed E-state index contributed by atoms with van der Waals surface area (Å²) in [5, 5.41) is 15.1. The van der Waals surface area contributed by atoms with E-state index in [1.165, 1.54) is 11.1 Å². The van der Waals surface area contributed by atoms with E-state index in [2.05, 4.69) is 74.1 Å². The Labute approximate surface area is 190 Å². The van der Waals surface area contributed by atoms with Gasteiger partial charge >= 0.3 is 6.09 Å². The Morgan fingerprint density at radius 3 is 2.45 bits per heavy atom. The van der Waals surface area contributed by atoms with E-state index in [1.54, 1.807) is 6.33 Å². The highest BCUT2D eigenvalue weighted by Crippen LogP contribution is 2.27. The van der Waals surface area contributed by atoms with Gasteiger partial charge in [0.2, 0.25) is 5.95 Å². The first-order chi connectivity index (χ1) is 16.2. The van der Waals surface area contributed by atoms with Crippen molar-refractivity contribution in [2.75, 3.05) is 29.9 Å². The number of hydrogen-bond donors (Lipinski definition) is 4. The van der Waals surface area contributed by atoms with Crippen LogP contribution in [0.5, 0.6) is 0 Å². The number of imidazole rings is 1. The minimum absolute atomic E-state index is 0.139. The zero-order chi connectivity index (χ0) is 22.6. The van der Waals surface area contributed by atoms with Crippen LogP contribution in [0.15, 0.2) is 67.0 Å². The van der Waals surface area contributed by atoms with Gasteiger partial charge in [0.1, 0.15) is 5.52 Å². The molecule has 1 atom stereocenters. The Kier molecular flexibility index (Phi) is 5.75. The lowest BCUT2D eigenvalue weighted by Crippen LogP contribution is -2.36. The molecule has 168 valence electrons. The molecule has 3 heterocycles. The standard InChI is InChI=1S/C24H25N7O2/c32-24(33)28-18-11-12-31(14-18)23-29-21(20-22(30-23)27-15-26-20)25-13-19(16-7-3-1-4-8-16)17-9-5-2-6-10-17/h1-10,15,18-19,28H,11-14H2,(H,32,33)(H2,25,26,27,29,30)/t18-/m1/s1. The van der Waals surface area contributed by atoms with E-state index in [0.717, 1.165) is 5.52 Å². The molecule has 9 heteroatoms. The number of nitrogens with one attached hydrogen (secondary N) is 3. The number of fused-ring (bicyclic) bond motifs is 1. The third-order valence-electron chi connectivity index (χ3n) is 5.95. The molecule has 0 unspecified atom stereocenters. The van der Waals surface area contributed by atoms with Gasteiger partial charge in [-0.2, -0.15) is 9.97 Å². The minimum atomic E-state index is -1.01. The van der Waals surface area contributed by atoms with Crippen LogP contribution < -0.4 is 15.5 Å². The number of amides is 1. The number of anilines is 2. The molecule has 4 N–H and O–H groups in total. The fourth-order valence-corrected chi connectivity index (χ4v) is 4.32. The summed E-state index contributed by atoms with van der Waals surface area (Å²) in [5.74, 6) is 1.36. The summed E-state index contributed by atoms with van der Waals surface area (Å²) in [6.07, 6.45) is 1.31. The molecule has 1 saturated heterocycles. The molecule has 1 amide bonds. The van der Waals surface area contributed by atoms with Crippen LogP contribution in [0.3, 0.4) is 0 Å². The number of H-pyrrole nitrogens is 1. The molecule has 1 aliphatic heterocycles. The van der Waals surface area contributed by atoms with Gasteiger partial charge in [0.05, 0.1) is 12.4 Å². The second-order valence-corrected chi connectivity index (χ2v) is 8.11. The van der Waals surface area contributed by atoms with E-state index in [0.29, 0.717) is 43.5 Å². The lowest BCUT2D eigenvalue weighted by Gasteiger charge is -2.21. The first-order valence-electron chi connectivity index (χ1n) is 11.0. The Morgan fingerprint density at radius 1 is 1.09 bits per heavy atom. The Balaban J connectivity index is 1.41. The zero-order valence-electron chi connectivity index (χ0n) is 18.0. The first-order valence-corrected chi connectivity index (χ1v) is 11.0. The van der Waals surface area contributed by atoms with Crippen molar-refractivity contribution in [1.82, 2.24) is 25.3 Å². The van der Waals surface area contributed by atoms with Gasteiger partial charge in [-0.1, -0.05) is 60.7 Å². The maximum Gasteiger partial charge on any atom is 0.404 e. The topological polar surface area (TPSA) is 119 Å². The first kappa shape index (κ1) is 20.7. The van der Waals surface area contributed by atoms with Gasteiger partial charge in [0.15, 0.2) is 11.5 Å². The highest BCUT2D eigenvalue weighted by Gasteiger charge is 2.27. The highest BCUT2D eigenvalue weighted by atomic mass is 16.4. The van der Waals surface area contributed by atoms with Gasteiger partial charge in [0.25, 0.3) is 0 Å². The predicted octanol–water partition coefficient (Wildman–Crippen LogP) is 3.44. The lowest BCUT2D eigenvalue weighted by atomic mass is 9.91. The van der Waals surface area contributed by atoms with Crippen molar-refractivity contribution < 1.29 is 9.90 Å². The second kappa shape index (κ2) is 9.15. The van der Waals surface area contributed by atoms with Gasteiger partial charge < -0.3 is 25.6 Å². The van der Waals surface area contributed by atoms with E-state index in [9.17, 15) is 4.79 Å². The van der Waals surface area contributed by atoms with E-state index >= 15 is 0 Å². The number of benzene rings is 2. The lowest BCUT2D eigenvalue weighted by molar-refractivity contribution is 0.191. The third kappa shape index (κ3) is 4.57. The molecule has 1 aliphatic rings. The van der Waals surface area contributed by atoms with Crippen LogP contribution >= 0.6 is 0 Å². The van der Waals surface area contributed by atoms with E-state index in [1.807, 2.05) is 17.0 Å². The molecule has 33 heavy (non-hydrogen) atoms. The summed E-state index contributed by atoms with van der Waals surface area (Å²) in [7, 11) is 0. The SMILES string of the molecule is O=C(O)N[C@@H]1CCN(c2nc(NCC(c3ccccc3)c3ccccc3)c3[nH]cnc3n2)C1. The van der Waals surface area contributed by atoms with E-state index < -0.39 is 6.09 Å². The van der Waals surface area contributed by atoms with Crippen molar-refractivity contribution in [2.45, 2.75) is 18.4 Å². The van der Waals surface area contributed by atoms with Crippen molar-refractivity contribution >= 4 is 29.0 Å². The van der Waals surface area contributed by atoms with Crippen LogP contribution in [0, 0.1) is 0 Å². The summed E-state index contributed by atoms with van der Waals surface area (Å²) in [5.41, 5.74) is 3.76.